The minimum absolute atomic E-state index is 0.825. The SMILES string of the molecule is Cn1ccc2cc(-c3cc4nccnc4[nH]3)ccc21. The third kappa shape index (κ3) is 1.53. The predicted molar refractivity (Wildman–Crippen MR) is 75.8 cm³/mol. The fraction of sp³-hybridized carbons (Fsp3) is 0.0667. The smallest absolute Gasteiger partial charge is 0.156 e. The normalized spacial score (nSPS) is 11.4. The Morgan fingerprint density at radius 1 is 1.05 bits per heavy atom. The van der Waals surface area contributed by atoms with Crippen LogP contribution in [0.1, 0.15) is 0 Å². The van der Waals surface area contributed by atoms with Crippen molar-refractivity contribution < 1.29 is 0 Å². The molecule has 92 valence electrons. The first-order valence-electron chi connectivity index (χ1n) is 6.16. The molecule has 4 nitrogen and oxygen atoms in total. The summed E-state index contributed by atoms with van der Waals surface area (Å²) in [6.45, 7) is 0. The fourth-order valence-corrected chi connectivity index (χ4v) is 2.46. The Balaban J connectivity index is 1.93. The fourth-order valence-electron chi connectivity index (χ4n) is 2.46. The molecule has 0 unspecified atom stereocenters. The number of fused-ring (bicyclic) bond motifs is 2. The third-order valence-corrected chi connectivity index (χ3v) is 3.46. The molecule has 19 heavy (non-hydrogen) atoms. The minimum atomic E-state index is 0.825. The van der Waals surface area contributed by atoms with Crippen LogP contribution in [0.3, 0.4) is 0 Å². The highest BCUT2D eigenvalue weighted by atomic mass is 14.9. The maximum absolute atomic E-state index is 4.30. The Morgan fingerprint density at radius 3 is 2.84 bits per heavy atom. The van der Waals surface area contributed by atoms with Crippen LogP contribution in [0.15, 0.2) is 48.9 Å². The van der Waals surface area contributed by atoms with E-state index in [1.807, 2.05) is 6.07 Å². The molecule has 0 spiro atoms. The van der Waals surface area contributed by atoms with Crippen LogP contribution in [0.25, 0.3) is 33.3 Å². The number of H-pyrrole nitrogens is 1. The minimum Gasteiger partial charge on any atom is -0.351 e. The highest BCUT2D eigenvalue weighted by molar-refractivity contribution is 5.87. The molecule has 0 saturated heterocycles. The number of hydrogen-bond donors (Lipinski definition) is 1. The van der Waals surface area contributed by atoms with Crippen LogP contribution in [0.2, 0.25) is 0 Å². The number of aromatic amines is 1. The summed E-state index contributed by atoms with van der Waals surface area (Å²) in [5, 5.41) is 1.24. The standard InChI is InChI=1S/C15H12N4/c1-19-7-4-11-8-10(2-3-14(11)19)12-9-13-15(18-12)17-6-5-16-13/h2-9H,1H3,(H,17,18). The number of nitrogens with zero attached hydrogens (tertiary/aromatic N) is 3. The molecule has 4 aromatic rings. The van der Waals surface area contributed by atoms with Gasteiger partial charge in [0.15, 0.2) is 5.65 Å². The van der Waals surface area contributed by atoms with Gasteiger partial charge in [-0.25, -0.2) is 4.98 Å². The quantitative estimate of drug-likeness (QED) is 0.562. The van der Waals surface area contributed by atoms with E-state index in [9.17, 15) is 0 Å². The zero-order valence-electron chi connectivity index (χ0n) is 10.5. The molecule has 0 aliphatic rings. The maximum atomic E-state index is 4.30. The van der Waals surface area contributed by atoms with E-state index in [1.165, 1.54) is 10.9 Å². The van der Waals surface area contributed by atoms with Gasteiger partial charge in [-0.15, -0.1) is 0 Å². The van der Waals surface area contributed by atoms with Crippen molar-refractivity contribution in [2.24, 2.45) is 7.05 Å². The Labute approximate surface area is 109 Å². The number of rotatable bonds is 1. The molecule has 0 radical (unpaired) electrons. The van der Waals surface area contributed by atoms with E-state index in [0.717, 1.165) is 22.4 Å². The summed E-state index contributed by atoms with van der Waals surface area (Å²) in [5.41, 5.74) is 5.15. The molecule has 0 aliphatic carbocycles. The first-order valence-corrected chi connectivity index (χ1v) is 6.16. The molecule has 0 fully saturated rings. The molecule has 1 N–H and O–H groups in total. The Morgan fingerprint density at radius 2 is 1.95 bits per heavy atom. The zero-order valence-corrected chi connectivity index (χ0v) is 10.5. The third-order valence-electron chi connectivity index (χ3n) is 3.46. The van der Waals surface area contributed by atoms with Crippen LogP contribution in [0.4, 0.5) is 0 Å². The van der Waals surface area contributed by atoms with Crippen LogP contribution in [0.5, 0.6) is 0 Å². The number of hydrogen-bond acceptors (Lipinski definition) is 2. The Bertz CT molecular complexity index is 852. The summed E-state index contributed by atoms with van der Waals surface area (Å²) in [4.78, 5) is 11.9. The lowest BCUT2D eigenvalue weighted by Gasteiger charge is -2.00. The molecule has 4 heteroatoms. The summed E-state index contributed by atoms with van der Waals surface area (Å²) in [7, 11) is 2.05. The van der Waals surface area contributed by atoms with Crippen molar-refractivity contribution in [2.75, 3.05) is 0 Å². The Kier molecular flexibility index (Phi) is 2.00. The molecule has 4 rings (SSSR count). The molecule has 3 aromatic heterocycles. The number of aromatic nitrogens is 4. The van der Waals surface area contributed by atoms with E-state index in [-0.39, 0.29) is 0 Å². The first-order chi connectivity index (χ1) is 9.31. The number of nitrogens with one attached hydrogen (secondary N) is 1. The predicted octanol–water partition coefficient (Wildman–Crippen LogP) is 3.12. The van der Waals surface area contributed by atoms with Gasteiger partial charge in [0.2, 0.25) is 0 Å². The van der Waals surface area contributed by atoms with Gasteiger partial charge in [-0.2, -0.15) is 0 Å². The summed E-state index contributed by atoms with van der Waals surface area (Å²) in [5.74, 6) is 0. The van der Waals surface area contributed by atoms with Crippen molar-refractivity contribution in [1.29, 1.82) is 0 Å². The van der Waals surface area contributed by atoms with Gasteiger partial charge in [0, 0.05) is 42.2 Å². The maximum Gasteiger partial charge on any atom is 0.156 e. The second kappa shape index (κ2) is 3.68. The lowest BCUT2D eigenvalue weighted by Crippen LogP contribution is -1.84. The summed E-state index contributed by atoms with van der Waals surface area (Å²) in [6, 6.07) is 10.6. The topological polar surface area (TPSA) is 46.5 Å². The van der Waals surface area contributed by atoms with E-state index in [1.54, 1.807) is 12.4 Å². The summed E-state index contributed by atoms with van der Waals surface area (Å²) < 4.78 is 2.12. The number of aryl methyl sites for hydroxylation is 1. The Hall–Kier alpha value is -2.62. The summed E-state index contributed by atoms with van der Waals surface area (Å²) >= 11 is 0. The van der Waals surface area contributed by atoms with Gasteiger partial charge in [-0.3, -0.25) is 4.98 Å². The van der Waals surface area contributed by atoms with E-state index < -0.39 is 0 Å². The van der Waals surface area contributed by atoms with Crippen molar-refractivity contribution >= 4 is 22.1 Å². The second-order valence-corrected chi connectivity index (χ2v) is 4.67. The lowest BCUT2D eigenvalue weighted by molar-refractivity contribution is 0.969. The van der Waals surface area contributed by atoms with Gasteiger partial charge in [0.1, 0.15) is 5.52 Å². The first kappa shape index (κ1) is 10.3. The van der Waals surface area contributed by atoms with Gasteiger partial charge in [-0.05, 0) is 29.8 Å². The van der Waals surface area contributed by atoms with Crippen molar-refractivity contribution in [3.05, 3.63) is 48.9 Å². The van der Waals surface area contributed by atoms with Crippen LogP contribution < -0.4 is 0 Å². The van der Waals surface area contributed by atoms with Crippen molar-refractivity contribution in [1.82, 2.24) is 19.5 Å². The molecule has 3 heterocycles. The van der Waals surface area contributed by atoms with Crippen LogP contribution >= 0.6 is 0 Å². The van der Waals surface area contributed by atoms with Gasteiger partial charge in [-0.1, -0.05) is 6.07 Å². The molecule has 0 bridgehead atoms. The van der Waals surface area contributed by atoms with Gasteiger partial charge >= 0.3 is 0 Å². The monoisotopic (exact) mass is 248 g/mol. The van der Waals surface area contributed by atoms with Gasteiger partial charge < -0.3 is 9.55 Å². The van der Waals surface area contributed by atoms with Crippen LogP contribution in [0, 0.1) is 0 Å². The van der Waals surface area contributed by atoms with Gasteiger partial charge in [0.05, 0.1) is 0 Å². The van der Waals surface area contributed by atoms with E-state index in [2.05, 4.69) is 57.0 Å². The van der Waals surface area contributed by atoms with Crippen molar-refractivity contribution in [3.8, 4) is 11.3 Å². The van der Waals surface area contributed by atoms with Crippen LogP contribution in [-0.2, 0) is 7.05 Å². The lowest BCUT2D eigenvalue weighted by atomic mass is 10.1. The molecular formula is C15H12N4. The van der Waals surface area contributed by atoms with Crippen LogP contribution in [-0.4, -0.2) is 19.5 Å². The highest BCUT2D eigenvalue weighted by Crippen LogP contribution is 2.25. The zero-order chi connectivity index (χ0) is 12.8. The average Bonchev–Trinajstić information content (AvgIpc) is 3.02. The van der Waals surface area contributed by atoms with E-state index in [0.29, 0.717) is 0 Å². The second-order valence-electron chi connectivity index (χ2n) is 4.67. The largest absolute Gasteiger partial charge is 0.351 e. The molecule has 0 amide bonds. The molecule has 0 aliphatic heterocycles. The summed E-state index contributed by atoms with van der Waals surface area (Å²) in [6.07, 6.45) is 5.48. The van der Waals surface area contributed by atoms with E-state index in [4.69, 9.17) is 0 Å². The van der Waals surface area contributed by atoms with Crippen molar-refractivity contribution in [2.45, 2.75) is 0 Å². The average molecular weight is 248 g/mol. The molecule has 0 atom stereocenters. The molecular weight excluding hydrogens is 236 g/mol. The molecule has 0 saturated carbocycles. The van der Waals surface area contributed by atoms with E-state index >= 15 is 0 Å². The highest BCUT2D eigenvalue weighted by Gasteiger charge is 2.06. The van der Waals surface area contributed by atoms with Crippen molar-refractivity contribution in [3.63, 3.8) is 0 Å². The number of benzene rings is 1. The van der Waals surface area contributed by atoms with Gasteiger partial charge in [0.25, 0.3) is 0 Å². The molecule has 1 aromatic carbocycles.